The maximum Gasteiger partial charge on any atom is 0.323 e. The molecule has 5 heteroatoms. The van der Waals surface area contributed by atoms with Crippen LogP contribution in [0.1, 0.15) is 12.0 Å². The second-order valence-electron chi connectivity index (χ2n) is 3.78. The van der Waals surface area contributed by atoms with Gasteiger partial charge in [-0.25, -0.2) is 0 Å². The summed E-state index contributed by atoms with van der Waals surface area (Å²) < 4.78 is 0. The smallest absolute Gasteiger partial charge is 0.323 e. The van der Waals surface area contributed by atoms with E-state index in [0.717, 1.165) is 5.56 Å². The molecule has 0 aliphatic heterocycles. The van der Waals surface area contributed by atoms with Gasteiger partial charge < -0.3 is 10.0 Å². The second kappa shape index (κ2) is 7.07. The molecule has 0 heterocycles. The first-order valence-electron chi connectivity index (χ1n) is 5.54. The van der Waals surface area contributed by atoms with Gasteiger partial charge >= 0.3 is 5.97 Å². The second-order valence-corrected chi connectivity index (χ2v) is 3.78. The molecule has 1 N–H and O–H groups in total. The predicted molar refractivity (Wildman–Crippen MR) is 64.6 cm³/mol. The zero-order chi connectivity index (χ0) is 13.4. The number of benzene rings is 1. The Balaban J connectivity index is 2.64. The van der Waals surface area contributed by atoms with E-state index in [2.05, 4.69) is 0 Å². The summed E-state index contributed by atoms with van der Waals surface area (Å²) in [7, 11) is 0. The van der Waals surface area contributed by atoms with Gasteiger partial charge in [-0.05, 0) is 5.56 Å². The van der Waals surface area contributed by atoms with E-state index < -0.39 is 5.97 Å². The lowest BCUT2D eigenvalue weighted by Crippen LogP contribution is -2.37. The number of aliphatic carboxylic acids is 1. The van der Waals surface area contributed by atoms with Crippen LogP contribution in [0.15, 0.2) is 30.3 Å². The summed E-state index contributed by atoms with van der Waals surface area (Å²) in [5, 5.41) is 17.2. The predicted octanol–water partition coefficient (Wildman–Crippen LogP) is 1.06. The van der Waals surface area contributed by atoms with Crippen LogP contribution in [0.2, 0.25) is 0 Å². The largest absolute Gasteiger partial charge is 0.480 e. The SMILES string of the molecule is N#CCCN(CC(=O)O)C(=O)Cc1ccccc1. The number of carboxylic acid groups (broad SMARTS) is 1. The molecule has 0 spiro atoms. The first kappa shape index (κ1) is 13.7. The van der Waals surface area contributed by atoms with Crippen molar-refractivity contribution in [2.24, 2.45) is 0 Å². The Kier molecular flexibility index (Phi) is 5.39. The molecule has 5 nitrogen and oxygen atoms in total. The Hall–Kier alpha value is -2.35. The molecule has 0 aliphatic carbocycles. The number of hydrogen-bond acceptors (Lipinski definition) is 3. The van der Waals surface area contributed by atoms with Gasteiger partial charge in [0, 0.05) is 6.54 Å². The fraction of sp³-hybridized carbons (Fsp3) is 0.308. The third-order valence-corrected chi connectivity index (χ3v) is 2.37. The lowest BCUT2D eigenvalue weighted by molar-refractivity contribution is -0.144. The van der Waals surface area contributed by atoms with Gasteiger partial charge in [0.05, 0.1) is 18.9 Å². The topological polar surface area (TPSA) is 81.4 Å². The summed E-state index contributed by atoms with van der Waals surface area (Å²) in [6, 6.07) is 11.0. The first-order chi connectivity index (χ1) is 8.63. The average Bonchev–Trinajstić information content (AvgIpc) is 2.35. The molecule has 0 atom stereocenters. The summed E-state index contributed by atoms with van der Waals surface area (Å²) in [6.07, 6.45) is 0.285. The molecule has 1 amide bonds. The van der Waals surface area contributed by atoms with Crippen LogP contribution >= 0.6 is 0 Å². The monoisotopic (exact) mass is 246 g/mol. The highest BCUT2D eigenvalue weighted by Crippen LogP contribution is 2.03. The first-order valence-corrected chi connectivity index (χ1v) is 5.54. The molecule has 0 bridgehead atoms. The fourth-order valence-corrected chi connectivity index (χ4v) is 1.52. The number of rotatable bonds is 6. The molecule has 0 radical (unpaired) electrons. The van der Waals surface area contributed by atoms with Crippen molar-refractivity contribution in [3.8, 4) is 6.07 Å². The van der Waals surface area contributed by atoms with Crippen LogP contribution in [0.3, 0.4) is 0 Å². The highest BCUT2D eigenvalue weighted by atomic mass is 16.4. The number of carbonyl (C=O) groups excluding carboxylic acids is 1. The van der Waals surface area contributed by atoms with E-state index in [-0.39, 0.29) is 31.8 Å². The van der Waals surface area contributed by atoms with Gasteiger partial charge in [-0.15, -0.1) is 0 Å². The quantitative estimate of drug-likeness (QED) is 0.813. The summed E-state index contributed by atoms with van der Waals surface area (Å²) in [6.45, 7) is -0.220. The zero-order valence-electron chi connectivity index (χ0n) is 9.87. The third-order valence-electron chi connectivity index (χ3n) is 2.37. The van der Waals surface area contributed by atoms with Gasteiger partial charge in [0.2, 0.25) is 5.91 Å². The summed E-state index contributed by atoms with van der Waals surface area (Å²) in [4.78, 5) is 23.8. The van der Waals surface area contributed by atoms with Crippen molar-refractivity contribution in [1.82, 2.24) is 4.90 Å². The maximum atomic E-state index is 11.9. The van der Waals surface area contributed by atoms with Crippen molar-refractivity contribution in [1.29, 1.82) is 5.26 Å². The van der Waals surface area contributed by atoms with E-state index in [1.54, 1.807) is 12.1 Å². The minimum Gasteiger partial charge on any atom is -0.480 e. The third kappa shape index (κ3) is 4.66. The maximum absolute atomic E-state index is 11.9. The summed E-state index contributed by atoms with van der Waals surface area (Å²) in [5.74, 6) is -1.35. The fourth-order valence-electron chi connectivity index (χ4n) is 1.52. The van der Waals surface area contributed by atoms with Crippen LogP contribution < -0.4 is 0 Å². The molecule has 0 aromatic heterocycles. The molecule has 0 fully saturated rings. The van der Waals surface area contributed by atoms with Gasteiger partial charge in [-0.1, -0.05) is 30.3 Å². The van der Waals surface area contributed by atoms with Crippen molar-refractivity contribution in [2.45, 2.75) is 12.8 Å². The summed E-state index contributed by atoms with van der Waals surface area (Å²) in [5.41, 5.74) is 0.829. The molecular formula is C13H14N2O3. The van der Waals surface area contributed by atoms with E-state index in [1.165, 1.54) is 4.90 Å². The Morgan fingerprint density at radius 3 is 2.50 bits per heavy atom. The van der Waals surface area contributed by atoms with Crippen LogP contribution in [-0.2, 0) is 16.0 Å². The molecule has 18 heavy (non-hydrogen) atoms. The molecule has 0 saturated heterocycles. The highest BCUT2D eigenvalue weighted by molar-refractivity contribution is 5.83. The van der Waals surface area contributed by atoms with Crippen LogP contribution in [0.25, 0.3) is 0 Å². The van der Waals surface area contributed by atoms with E-state index in [4.69, 9.17) is 10.4 Å². The lowest BCUT2D eigenvalue weighted by atomic mass is 10.1. The molecule has 0 aliphatic rings. The van der Waals surface area contributed by atoms with E-state index >= 15 is 0 Å². The minimum atomic E-state index is -1.07. The van der Waals surface area contributed by atoms with Crippen LogP contribution in [-0.4, -0.2) is 35.0 Å². The van der Waals surface area contributed by atoms with Crippen molar-refractivity contribution in [3.05, 3.63) is 35.9 Å². The van der Waals surface area contributed by atoms with E-state index in [9.17, 15) is 9.59 Å². The standard InChI is InChI=1S/C13H14N2O3/c14-7-4-8-15(10-13(17)18)12(16)9-11-5-2-1-3-6-11/h1-3,5-6H,4,8-10H2,(H,17,18). The molecule has 0 unspecified atom stereocenters. The highest BCUT2D eigenvalue weighted by Gasteiger charge is 2.16. The Labute approximate surface area is 105 Å². The van der Waals surface area contributed by atoms with Crippen molar-refractivity contribution >= 4 is 11.9 Å². The van der Waals surface area contributed by atoms with Crippen molar-refractivity contribution in [2.75, 3.05) is 13.1 Å². The number of carboxylic acids is 1. The average molecular weight is 246 g/mol. The Morgan fingerprint density at radius 2 is 1.94 bits per heavy atom. The van der Waals surface area contributed by atoms with E-state index in [0.29, 0.717) is 0 Å². The number of hydrogen-bond donors (Lipinski definition) is 1. The molecule has 0 saturated carbocycles. The molecule has 1 aromatic carbocycles. The zero-order valence-corrected chi connectivity index (χ0v) is 9.87. The van der Waals surface area contributed by atoms with Crippen LogP contribution in [0, 0.1) is 11.3 Å². The molecular weight excluding hydrogens is 232 g/mol. The molecule has 94 valence electrons. The number of carbonyl (C=O) groups is 2. The van der Waals surface area contributed by atoms with Crippen LogP contribution in [0.4, 0.5) is 0 Å². The van der Waals surface area contributed by atoms with Crippen molar-refractivity contribution in [3.63, 3.8) is 0 Å². The van der Waals surface area contributed by atoms with E-state index in [1.807, 2.05) is 24.3 Å². The minimum absolute atomic E-state index is 0.133. The lowest BCUT2D eigenvalue weighted by Gasteiger charge is -2.19. The van der Waals surface area contributed by atoms with Gasteiger partial charge in [0.1, 0.15) is 6.54 Å². The Morgan fingerprint density at radius 1 is 1.28 bits per heavy atom. The Bertz CT molecular complexity index is 451. The van der Waals surface area contributed by atoms with Crippen molar-refractivity contribution < 1.29 is 14.7 Å². The number of nitrogens with zero attached hydrogens (tertiary/aromatic N) is 2. The van der Waals surface area contributed by atoms with Crippen LogP contribution in [0.5, 0.6) is 0 Å². The number of amides is 1. The number of nitriles is 1. The van der Waals surface area contributed by atoms with Gasteiger partial charge in [0.25, 0.3) is 0 Å². The normalized spacial score (nSPS) is 9.50. The van der Waals surface area contributed by atoms with Gasteiger partial charge in [-0.3, -0.25) is 9.59 Å². The van der Waals surface area contributed by atoms with Gasteiger partial charge in [0.15, 0.2) is 0 Å². The summed E-state index contributed by atoms with van der Waals surface area (Å²) >= 11 is 0. The van der Waals surface area contributed by atoms with Gasteiger partial charge in [-0.2, -0.15) is 5.26 Å². The molecule has 1 aromatic rings. The molecule has 1 rings (SSSR count).